The lowest BCUT2D eigenvalue weighted by atomic mass is 9.70. The Morgan fingerprint density at radius 2 is 2.16 bits per heavy atom. The quantitative estimate of drug-likeness (QED) is 0.856. The molecule has 4 nitrogen and oxygen atoms in total. The van der Waals surface area contributed by atoms with Gasteiger partial charge in [-0.05, 0) is 36.8 Å². The smallest absolute Gasteiger partial charge is 0.133 e. The molecule has 2 rings (SSSR count). The summed E-state index contributed by atoms with van der Waals surface area (Å²) in [4.78, 5) is 12.2. The minimum absolute atomic E-state index is 0.101. The second-order valence-corrected chi connectivity index (χ2v) is 6.00. The van der Waals surface area contributed by atoms with E-state index in [4.69, 9.17) is 5.73 Å². The van der Waals surface area contributed by atoms with Crippen LogP contribution < -0.4 is 5.73 Å². The lowest BCUT2D eigenvalue weighted by molar-refractivity contribution is -0.121. The molecule has 0 aromatic carbocycles. The standard InChI is InChI=1S/C15H25N3O/c1-18-11-13(10-17-18)5-6-14(19)9-15(12-16)7-3-2-4-8-15/h10-11H,2-9,12,16H2,1H3. The van der Waals surface area contributed by atoms with Crippen LogP contribution in [-0.4, -0.2) is 22.1 Å². The van der Waals surface area contributed by atoms with Gasteiger partial charge in [-0.2, -0.15) is 5.10 Å². The first-order valence-electron chi connectivity index (χ1n) is 7.33. The van der Waals surface area contributed by atoms with E-state index >= 15 is 0 Å². The van der Waals surface area contributed by atoms with Crippen LogP contribution in [0.5, 0.6) is 0 Å². The molecule has 19 heavy (non-hydrogen) atoms. The van der Waals surface area contributed by atoms with E-state index in [9.17, 15) is 4.79 Å². The Kier molecular flexibility index (Phi) is 4.75. The highest BCUT2D eigenvalue weighted by Crippen LogP contribution is 2.38. The number of aromatic nitrogens is 2. The molecule has 0 aliphatic heterocycles. The monoisotopic (exact) mass is 263 g/mol. The lowest BCUT2D eigenvalue weighted by Gasteiger charge is -2.35. The molecule has 106 valence electrons. The van der Waals surface area contributed by atoms with E-state index < -0.39 is 0 Å². The second-order valence-electron chi connectivity index (χ2n) is 6.00. The van der Waals surface area contributed by atoms with Crippen LogP contribution >= 0.6 is 0 Å². The Morgan fingerprint density at radius 1 is 1.42 bits per heavy atom. The van der Waals surface area contributed by atoms with Crippen molar-refractivity contribution >= 4 is 5.78 Å². The fraction of sp³-hybridized carbons (Fsp3) is 0.733. The van der Waals surface area contributed by atoms with Gasteiger partial charge >= 0.3 is 0 Å². The molecule has 2 N–H and O–H groups in total. The van der Waals surface area contributed by atoms with E-state index in [1.807, 2.05) is 19.4 Å². The summed E-state index contributed by atoms with van der Waals surface area (Å²) in [6.07, 6.45) is 11.9. The van der Waals surface area contributed by atoms with Gasteiger partial charge in [-0.15, -0.1) is 0 Å². The van der Waals surface area contributed by atoms with Crippen molar-refractivity contribution in [2.24, 2.45) is 18.2 Å². The van der Waals surface area contributed by atoms with Crippen molar-refractivity contribution in [1.29, 1.82) is 0 Å². The molecular weight excluding hydrogens is 238 g/mol. The molecule has 0 spiro atoms. The summed E-state index contributed by atoms with van der Waals surface area (Å²) < 4.78 is 1.78. The predicted molar refractivity (Wildman–Crippen MR) is 75.7 cm³/mol. The van der Waals surface area contributed by atoms with Crippen LogP contribution in [0.25, 0.3) is 0 Å². The molecule has 1 aromatic rings. The van der Waals surface area contributed by atoms with E-state index in [2.05, 4.69) is 5.10 Å². The normalized spacial score (nSPS) is 18.4. The van der Waals surface area contributed by atoms with E-state index in [-0.39, 0.29) is 5.41 Å². The number of ketones is 1. The highest BCUT2D eigenvalue weighted by Gasteiger charge is 2.32. The Bertz CT molecular complexity index is 419. The van der Waals surface area contributed by atoms with Gasteiger partial charge in [0.2, 0.25) is 0 Å². The zero-order chi connectivity index (χ0) is 13.7. The second kappa shape index (κ2) is 6.33. The zero-order valence-corrected chi connectivity index (χ0v) is 11.9. The number of nitrogens with zero attached hydrogens (tertiary/aromatic N) is 2. The first-order valence-corrected chi connectivity index (χ1v) is 7.33. The maximum Gasteiger partial charge on any atom is 0.133 e. The number of Topliss-reactive ketones (excluding diaryl/α,β-unsaturated/α-hetero) is 1. The molecule has 0 unspecified atom stereocenters. The molecule has 0 radical (unpaired) electrons. The number of nitrogens with two attached hydrogens (primary N) is 1. The van der Waals surface area contributed by atoms with Crippen LogP contribution in [0.3, 0.4) is 0 Å². The topological polar surface area (TPSA) is 60.9 Å². The molecule has 0 saturated heterocycles. The Hall–Kier alpha value is -1.16. The van der Waals surface area contributed by atoms with Crippen LogP contribution in [0.2, 0.25) is 0 Å². The molecule has 1 aromatic heterocycles. The number of hydrogen-bond donors (Lipinski definition) is 1. The van der Waals surface area contributed by atoms with E-state index in [0.717, 1.165) is 24.8 Å². The third kappa shape index (κ3) is 3.90. The molecule has 1 heterocycles. The average Bonchev–Trinajstić information content (AvgIpc) is 2.83. The van der Waals surface area contributed by atoms with Gasteiger partial charge in [-0.25, -0.2) is 0 Å². The average molecular weight is 263 g/mol. The molecule has 4 heteroatoms. The van der Waals surface area contributed by atoms with E-state index in [0.29, 0.717) is 25.2 Å². The first kappa shape index (κ1) is 14.3. The highest BCUT2D eigenvalue weighted by atomic mass is 16.1. The van der Waals surface area contributed by atoms with Gasteiger partial charge in [0.25, 0.3) is 0 Å². The van der Waals surface area contributed by atoms with Gasteiger partial charge in [0.05, 0.1) is 6.20 Å². The minimum atomic E-state index is 0.101. The molecule has 0 atom stereocenters. The van der Waals surface area contributed by atoms with Gasteiger partial charge in [0.1, 0.15) is 5.78 Å². The van der Waals surface area contributed by atoms with Crippen molar-refractivity contribution in [1.82, 2.24) is 9.78 Å². The molecule has 1 fully saturated rings. The summed E-state index contributed by atoms with van der Waals surface area (Å²) in [5, 5.41) is 4.13. The molecule has 0 amide bonds. The Morgan fingerprint density at radius 3 is 2.74 bits per heavy atom. The van der Waals surface area contributed by atoms with Gasteiger partial charge in [0, 0.05) is 26.1 Å². The molecule has 0 bridgehead atoms. The van der Waals surface area contributed by atoms with Crippen molar-refractivity contribution in [3.05, 3.63) is 18.0 Å². The van der Waals surface area contributed by atoms with Crippen LogP contribution in [0, 0.1) is 5.41 Å². The molecule has 1 aliphatic rings. The van der Waals surface area contributed by atoms with Gasteiger partial charge in [-0.3, -0.25) is 9.48 Å². The SMILES string of the molecule is Cn1cc(CCC(=O)CC2(CN)CCCCC2)cn1. The highest BCUT2D eigenvalue weighted by molar-refractivity contribution is 5.79. The van der Waals surface area contributed by atoms with E-state index in [1.54, 1.807) is 4.68 Å². The van der Waals surface area contributed by atoms with Crippen LogP contribution in [0.15, 0.2) is 12.4 Å². The minimum Gasteiger partial charge on any atom is -0.330 e. The summed E-state index contributed by atoms with van der Waals surface area (Å²) in [7, 11) is 1.90. The summed E-state index contributed by atoms with van der Waals surface area (Å²) in [5.74, 6) is 0.358. The van der Waals surface area contributed by atoms with Crippen LogP contribution in [0.1, 0.15) is 50.5 Å². The van der Waals surface area contributed by atoms with Crippen molar-refractivity contribution in [3.8, 4) is 0 Å². The summed E-state index contributed by atoms with van der Waals surface area (Å²) in [6, 6.07) is 0. The largest absolute Gasteiger partial charge is 0.330 e. The summed E-state index contributed by atoms with van der Waals surface area (Å²) in [6.45, 7) is 0.658. The number of hydrogen-bond acceptors (Lipinski definition) is 3. The maximum atomic E-state index is 12.2. The summed E-state index contributed by atoms with van der Waals surface area (Å²) >= 11 is 0. The number of carbonyl (C=O) groups is 1. The van der Waals surface area contributed by atoms with Crippen LogP contribution in [0.4, 0.5) is 0 Å². The van der Waals surface area contributed by atoms with Gasteiger partial charge in [0.15, 0.2) is 0 Å². The molecule has 1 aliphatic carbocycles. The third-order valence-electron chi connectivity index (χ3n) is 4.37. The summed E-state index contributed by atoms with van der Waals surface area (Å²) in [5.41, 5.74) is 7.17. The maximum absolute atomic E-state index is 12.2. The fourth-order valence-corrected chi connectivity index (χ4v) is 3.15. The zero-order valence-electron chi connectivity index (χ0n) is 11.9. The van der Waals surface area contributed by atoms with Crippen molar-refractivity contribution in [2.75, 3.05) is 6.54 Å². The number of aryl methyl sites for hydroxylation is 2. The van der Waals surface area contributed by atoms with Crippen LogP contribution in [-0.2, 0) is 18.3 Å². The van der Waals surface area contributed by atoms with Gasteiger partial charge in [-0.1, -0.05) is 19.3 Å². The lowest BCUT2D eigenvalue weighted by Crippen LogP contribution is -2.35. The van der Waals surface area contributed by atoms with Crippen molar-refractivity contribution < 1.29 is 4.79 Å². The molecular formula is C15H25N3O. The third-order valence-corrected chi connectivity index (χ3v) is 4.37. The first-order chi connectivity index (χ1) is 9.13. The van der Waals surface area contributed by atoms with Gasteiger partial charge < -0.3 is 5.73 Å². The number of carbonyl (C=O) groups excluding carboxylic acids is 1. The van der Waals surface area contributed by atoms with Crippen molar-refractivity contribution in [2.45, 2.75) is 51.4 Å². The number of rotatable bonds is 6. The van der Waals surface area contributed by atoms with E-state index in [1.165, 1.54) is 19.3 Å². The van der Waals surface area contributed by atoms with Crippen molar-refractivity contribution in [3.63, 3.8) is 0 Å². The Labute approximate surface area is 115 Å². The fourth-order valence-electron chi connectivity index (χ4n) is 3.15. The predicted octanol–water partition coefficient (Wildman–Crippen LogP) is 2.22. The Balaban J connectivity index is 1.82. The molecule has 1 saturated carbocycles.